The molecule has 2 rings (SSSR count). The molecule has 1 aromatic carbocycles. The van der Waals surface area contributed by atoms with E-state index in [-0.39, 0.29) is 34.2 Å². The minimum absolute atomic E-state index is 0.00637. The number of Topliss-reactive ketones (excluding diaryl/α,β-unsaturated/α-hetero) is 1. The molecule has 6 heteroatoms. The number of benzene rings is 1. The molecule has 5 nitrogen and oxygen atoms in total. The second-order valence-electron chi connectivity index (χ2n) is 6.47. The summed E-state index contributed by atoms with van der Waals surface area (Å²) in [5.74, 6) is -0.0928. The summed E-state index contributed by atoms with van der Waals surface area (Å²) in [6.45, 7) is 3.92. The summed E-state index contributed by atoms with van der Waals surface area (Å²) in [7, 11) is -2.10. The Labute approximate surface area is 137 Å². The molecule has 0 heterocycles. The summed E-state index contributed by atoms with van der Waals surface area (Å²) < 4.78 is 35.5. The Kier molecular flexibility index (Phi) is 5.26. The molecule has 1 aromatic rings. The molecule has 1 aliphatic rings. The summed E-state index contributed by atoms with van der Waals surface area (Å²) in [6, 6.07) is 8.14. The summed E-state index contributed by atoms with van der Waals surface area (Å²) in [5.41, 5.74) is -0.00888. The number of ether oxygens (including phenoxy) is 2. The van der Waals surface area contributed by atoms with Crippen molar-refractivity contribution in [1.29, 1.82) is 0 Å². The van der Waals surface area contributed by atoms with E-state index in [1.54, 1.807) is 18.2 Å². The number of hydrogen-bond donors (Lipinski definition) is 0. The lowest BCUT2D eigenvalue weighted by molar-refractivity contribution is -0.119. The van der Waals surface area contributed by atoms with Gasteiger partial charge >= 0.3 is 0 Å². The van der Waals surface area contributed by atoms with E-state index >= 15 is 0 Å². The first-order valence-corrected chi connectivity index (χ1v) is 9.05. The Morgan fingerprint density at radius 1 is 1.13 bits per heavy atom. The zero-order valence-corrected chi connectivity index (χ0v) is 14.5. The molecule has 0 aliphatic heterocycles. The average Bonchev–Trinajstić information content (AvgIpc) is 2.48. The van der Waals surface area contributed by atoms with Gasteiger partial charge in [0.05, 0.1) is 10.6 Å². The Hall–Kier alpha value is -1.66. The van der Waals surface area contributed by atoms with Gasteiger partial charge in [-0.25, -0.2) is 8.42 Å². The number of hydrogen-bond acceptors (Lipinski definition) is 5. The molecule has 0 saturated heterocycles. The highest BCUT2D eigenvalue weighted by atomic mass is 32.2. The van der Waals surface area contributed by atoms with E-state index in [0.29, 0.717) is 18.6 Å². The lowest BCUT2D eigenvalue weighted by Crippen LogP contribution is -2.30. The van der Waals surface area contributed by atoms with E-state index in [0.717, 1.165) is 0 Å². The van der Waals surface area contributed by atoms with Gasteiger partial charge in [0.15, 0.2) is 22.4 Å². The van der Waals surface area contributed by atoms with Crippen LogP contribution in [0.2, 0.25) is 0 Å². The second-order valence-corrected chi connectivity index (χ2v) is 8.46. The van der Waals surface area contributed by atoms with Crippen molar-refractivity contribution in [3.8, 4) is 0 Å². The first-order chi connectivity index (χ1) is 10.7. The van der Waals surface area contributed by atoms with E-state index in [9.17, 15) is 13.2 Å². The average molecular weight is 338 g/mol. The van der Waals surface area contributed by atoms with Gasteiger partial charge in [-0.1, -0.05) is 32.0 Å². The van der Waals surface area contributed by atoms with E-state index in [1.165, 1.54) is 19.2 Å². The van der Waals surface area contributed by atoms with Crippen molar-refractivity contribution in [1.82, 2.24) is 0 Å². The Balaban J connectivity index is 2.36. The van der Waals surface area contributed by atoms with Gasteiger partial charge < -0.3 is 9.47 Å². The molecule has 0 spiro atoms. The molecule has 0 fully saturated rings. The van der Waals surface area contributed by atoms with E-state index in [1.807, 2.05) is 13.8 Å². The van der Waals surface area contributed by atoms with Crippen LogP contribution in [0, 0.1) is 5.41 Å². The van der Waals surface area contributed by atoms with Crippen LogP contribution in [0.1, 0.15) is 26.7 Å². The Morgan fingerprint density at radius 3 is 2.39 bits per heavy atom. The zero-order valence-electron chi connectivity index (χ0n) is 13.7. The Morgan fingerprint density at radius 2 is 1.78 bits per heavy atom. The smallest absolute Gasteiger partial charge is 0.188 e. The fourth-order valence-electron chi connectivity index (χ4n) is 2.63. The van der Waals surface area contributed by atoms with Crippen molar-refractivity contribution in [2.24, 2.45) is 5.41 Å². The second kappa shape index (κ2) is 6.84. The molecule has 0 bridgehead atoms. The zero-order chi connectivity index (χ0) is 17.1. The highest BCUT2D eigenvalue weighted by Crippen LogP contribution is 2.38. The molecule has 0 radical (unpaired) electrons. The van der Waals surface area contributed by atoms with Crippen molar-refractivity contribution < 1.29 is 22.7 Å². The summed E-state index contributed by atoms with van der Waals surface area (Å²) in [6.07, 6.45) is 0.828. The van der Waals surface area contributed by atoms with Crippen LogP contribution in [0.4, 0.5) is 0 Å². The molecule has 0 aromatic heterocycles. The molecule has 0 saturated carbocycles. The quantitative estimate of drug-likeness (QED) is 0.746. The Bertz CT molecular complexity index is 702. The highest BCUT2D eigenvalue weighted by Gasteiger charge is 2.36. The van der Waals surface area contributed by atoms with Crippen LogP contribution in [0.25, 0.3) is 0 Å². The molecule has 0 N–H and O–H groups in total. The standard InChI is InChI=1S/C17H22O5S/c1-17(2)9-15(18)14(16(10-17)22-12-21-3)11-23(19,20)13-7-5-4-6-8-13/h4-8H,9-12H2,1-3H3. The highest BCUT2D eigenvalue weighted by molar-refractivity contribution is 7.91. The predicted molar refractivity (Wildman–Crippen MR) is 86.5 cm³/mol. The van der Waals surface area contributed by atoms with Gasteiger partial charge in [0.1, 0.15) is 5.76 Å². The lowest BCUT2D eigenvalue weighted by Gasteiger charge is -2.31. The molecular weight excluding hydrogens is 316 g/mol. The maximum Gasteiger partial charge on any atom is 0.188 e. The van der Waals surface area contributed by atoms with Crippen LogP contribution in [0.5, 0.6) is 0 Å². The van der Waals surface area contributed by atoms with E-state index in [4.69, 9.17) is 9.47 Å². The van der Waals surface area contributed by atoms with Crippen LogP contribution in [0.15, 0.2) is 46.6 Å². The van der Waals surface area contributed by atoms with Gasteiger partial charge in [-0.05, 0) is 17.5 Å². The minimum Gasteiger partial charge on any atom is -0.471 e. The SMILES string of the molecule is COCOC1=C(CS(=O)(=O)c2ccccc2)C(=O)CC(C)(C)C1. The maximum atomic E-state index is 12.6. The largest absolute Gasteiger partial charge is 0.471 e. The van der Waals surface area contributed by atoms with Crippen LogP contribution >= 0.6 is 0 Å². The summed E-state index contributed by atoms with van der Waals surface area (Å²) >= 11 is 0. The number of allylic oxidation sites excluding steroid dienone is 1. The summed E-state index contributed by atoms with van der Waals surface area (Å²) in [5, 5.41) is 0. The van der Waals surface area contributed by atoms with Crippen molar-refractivity contribution in [3.05, 3.63) is 41.7 Å². The van der Waals surface area contributed by atoms with Crippen molar-refractivity contribution in [2.45, 2.75) is 31.6 Å². The monoisotopic (exact) mass is 338 g/mol. The van der Waals surface area contributed by atoms with Crippen molar-refractivity contribution >= 4 is 15.6 Å². The van der Waals surface area contributed by atoms with Crippen LogP contribution in [0.3, 0.4) is 0 Å². The summed E-state index contributed by atoms with van der Waals surface area (Å²) in [4.78, 5) is 12.7. The van der Waals surface area contributed by atoms with Crippen molar-refractivity contribution in [3.63, 3.8) is 0 Å². The van der Waals surface area contributed by atoms with Gasteiger partial charge in [-0.2, -0.15) is 0 Å². The fourth-order valence-corrected chi connectivity index (χ4v) is 4.07. The molecule has 0 unspecified atom stereocenters. The third kappa shape index (κ3) is 4.42. The fraction of sp³-hybridized carbons (Fsp3) is 0.471. The maximum absolute atomic E-state index is 12.6. The van der Waals surface area contributed by atoms with E-state index in [2.05, 4.69) is 0 Å². The van der Waals surface area contributed by atoms with Gasteiger partial charge in [0.25, 0.3) is 0 Å². The molecule has 126 valence electrons. The van der Waals surface area contributed by atoms with E-state index < -0.39 is 9.84 Å². The van der Waals surface area contributed by atoms with Crippen molar-refractivity contribution in [2.75, 3.05) is 19.7 Å². The molecular formula is C17H22O5S. The van der Waals surface area contributed by atoms with Gasteiger partial charge in [-0.3, -0.25) is 4.79 Å². The van der Waals surface area contributed by atoms with Gasteiger partial charge in [0, 0.05) is 25.5 Å². The van der Waals surface area contributed by atoms with Crippen LogP contribution in [-0.2, 0) is 24.1 Å². The number of methoxy groups -OCH3 is 1. The van der Waals surface area contributed by atoms with Crippen LogP contribution < -0.4 is 0 Å². The molecule has 23 heavy (non-hydrogen) atoms. The predicted octanol–water partition coefficient (Wildman–Crippen LogP) is 2.72. The third-order valence-electron chi connectivity index (χ3n) is 3.74. The molecule has 0 amide bonds. The van der Waals surface area contributed by atoms with Gasteiger partial charge in [0.2, 0.25) is 0 Å². The van der Waals surface area contributed by atoms with Crippen LogP contribution in [-0.4, -0.2) is 33.9 Å². The lowest BCUT2D eigenvalue weighted by atomic mass is 9.77. The number of ketones is 1. The molecule has 0 atom stereocenters. The first-order valence-electron chi connectivity index (χ1n) is 7.40. The first kappa shape index (κ1) is 17.7. The topological polar surface area (TPSA) is 69.7 Å². The number of rotatable bonds is 6. The minimum atomic E-state index is -3.59. The van der Waals surface area contributed by atoms with Gasteiger partial charge in [-0.15, -0.1) is 0 Å². The number of sulfone groups is 1. The number of carbonyl (C=O) groups is 1. The normalized spacial score (nSPS) is 18.1. The number of carbonyl (C=O) groups excluding carboxylic acids is 1. The third-order valence-corrected chi connectivity index (χ3v) is 5.40. The molecule has 1 aliphatic carbocycles.